The van der Waals surface area contributed by atoms with Crippen LogP contribution in [-0.2, 0) is 4.79 Å². The van der Waals surface area contributed by atoms with Crippen molar-refractivity contribution < 1.29 is 9.53 Å². The number of nitrogens with zero attached hydrogens (tertiary/aromatic N) is 6. The Morgan fingerprint density at radius 1 is 1.03 bits per heavy atom. The first-order chi connectivity index (χ1) is 17.6. The molecule has 1 saturated carbocycles. The molecule has 0 spiro atoms. The maximum atomic E-state index is 12.8. The number of likely N-dealkylation sites (N-methyl/N-ethyl adjacent to an activating group) is 1. The van der Waals surface area contributed by atoms with Gasteiger partial charge in [0.05, 0.1) is 7.11 Å². The van der Waals surface area contributed by atoms with E-state index < -0.39 is 0 Å². The molecule has 1 N–H and O–H groups in total. The molecule has 0 unspecified atom stereocenters. The summed E-state index contributed by atoms with van der Waals surface area (Å²) in [6.45, 7) is 3.26. The summed E-state index contributed by atoms with van der Waals surface area (Å²) < 4.78 is 7.05. The molecule has 0 radical (unpaired) electrons. The van der Waals surface area contributed by atoms with Crippen LogP contribution >= 0.6 is 0 Å². The lowest BCUT2D eigenvalue weighted by atomic mass is 9.94. The monoisotopic (exact) mass is 491 g/mol. The normalized spacial score (nSPS) is 17.6. The van der Waals surface area contributed by atoms with E-state index >= 15 is 0 Å². The number of aromatic nitrogens is 4. The zero-order valence-electron chi connectivity index (χ0n) is 21.4. The highest BCUT2D eigenvalue weighted by Gasteiger charge is 2.26. The zero-order valence-corrected chi connectivity index (χ0v) is 21.4. The second-order valence-corrected chi connectivity index (χ2v) is 10.0. The molecular formula is C27H37N7O2. The van der Waals surface area contributed by atoms with Crippen molar-refractivity contribution in [3.63, 3.8) is 0 Å². The molecule has 3 aromatic rings. The fraction of sp³-hybridized carbons (Fsp3) is 0.556. The Kier molecular flexibility index (Phi) is 7.65. The van der Waals surface area contributed by atoms with E-state index in [9.17, 15) is 4.79 Å². The Balaban J connectivity index is 1.15. The number of anilines is 1. The van der Waals surface area contributed by atoms with Gasteiger partial charge in [0.1, 0.15) is 11.6 Å². The maximum absolute atomic E-state index is 12.8. The minimum Gasteiger partial charge on any atom is -0.497 e. The number of benzene rings is 1. The predicted molar refractivity (Wildman–Crippen MR) is 140 cm³/mol. The summed E-state index contributed by atoms with van der Waals surface area (Å²) >= 11 is 0. The molecule has 36 heavy (non-hydrogen) atoms. The second-order valence-electron chi connectivity index (χ2n) is 10.0. The average Bonchev–Trinajstić information content (AvgIpc) is 3.37. The maximum Gasteiger partial charge on any atom is 0.223 e. The lowest BCUT2D eigenvalue weighted by Crippen LogP contribution is -2.44. The summed E-state index contributed by atoms with van der Waals surface area (Å²) in [5.41, 5.74) is 1.63. The van der Waals surface area contributed by atoms with Crippen LogP contribution in [0.4, 0.5) is 5.82 Å². The molecule has 1 aromatic carbocycles. The Labute approximate surface area is 212 Å². The van der Waals surface area contributed by atoms with Crippen molar-refractivity contribution in [1.29, 1.82) is 0 Å². The van der Waals surface area contributed by atoms with Gasteiger partial charge < -0.3 is 19.9 Å². The SMILES string of the molecule is COc1ccc(-c2nnc3ccc(N4CCC(C(=O)NCCN(C)C5CCCCC5)CC4)nn23)cc1. The number of fused-ring (bicyclic) bond motifs is 1. The van der Waals surface area contributed by atoms with Crippen LogP contribution in [0.1, 0.15) is 44.9 Å². The smallest absolute Gasteiger partial charge is 0.223 e. The fourth-order valence-corrected chi connectivity index (χ4v) is 5.44. The molecule has 9 heteroatoms. The van der Waals surface area contributed by atoms with Crippen molar-refractivity contribution in [2.75, 3.05) is 45.2 Å². The van der Waals surface area contributed by atoms with E-state index in [1.54, 1.807) is 11.6 Å². The third-order valence-corrected chi connectivity index (χ3v) is 7.75. The minimum absolute atomic E-state index is 0.0646. The van der Waals surface area contributed by atoms with Crippen LogP contribution < -0.4 is 15.0 Å². The summed E-state index contributed by atoms with van der Waals surface area (Å²) in [5.74, 6) is 2.63. The Bertz CT molecular complexity index is 1150. The molecule has 0 atom stereocenters. The zero-order chi connectivity index (χ0) is 24.9. The van der Waals surface area contributed by atoms with Gasteiger partial charge in [-0.2, -0.15) is 4.52 Å². The van der Waals surface area contributed by atoms with Crippen LogP contribution in [0.3, 0.4) is 0 Å². The number of rotatable bonds is 8. The molecule has 1 aliphatic heterocycles. The quantitative estimate of drug-likeness (QED) is 0.517. The molecule has 0 bridgehead atoms. The largest absolute Gasteiger partial charge is 0.497 e. The van der Waals surface area contributed by atoms with Gasteiger partial charge in [0.15, 0.2) is 11.5 Å². The number of ether oxygens (including phenoxy) is 1. The molecule has 2 aliphatic rings. The van der Waals surface area contributed by atoms with E-state index in [1.807, 2.05) is 36.4 Å². The summed E-state index contributed by atoms with van der Waals surface area (Å²) in [6, 6.07) is 12.3. The highest BCUT2D eigenvalue weighted by Crippen LogP contribution is 2.25. The molecule has 1 saturated heterocycles. The van der Waals surface area contributed by atoms with Gasteiger partial charge in [-0.05, 0) is 69.1 Å². The summed E-state index contributed by atoms with van der Waals surface area (Å²) in [6.07, 6.45) is 8.28. The van der Waals surface area contributed by atoms with Gasteiger partial charge in [-0.15, -0.1) is 15.3 Å². The minimum atomic E-state index is 0.0646. The highest BCUT2D eigenvalue weighted by atomic mass is 16.5. The predicted octanol–water partition coefficient (Wildman–Crippen LogP) is 3.40. The van der Waals surface area contributed by atoms with E-state index in [1.165, 1.54) is 32.1 Å². The number of carbonyl (C=O) groups excluding carboxylic acids is 1. The molecule has 1 aliphatic carbocycles. The van der Waals surface area contributed by atoms with Gasteiger partial charge in [0.2, 0.25) is 5.91 Å². The number of hydrogen-bond acceptors (Lipinski definition) is 7. The van der Waals surface area contributed by atoms with Gasteiger partial charge in [0.25, 0.3) is 0 Å². The van der Waals surface area contributed by atoms with Crippen LogP contribution in [-0.4, -0.2) is 77.0 Å². The molecule has 5 rings (SSSR count). The number of methoxy groups -OCH3 is 1. The molecule has 2 fully saturated rings. The van der Waals surface area contributed by atoms with Gasteiger partial charge in [-0.1, -0.05) is 19.3 Å². The second kappa shape index (κ2) is 11.2. The van der Waals surface area contributed by atoms with Crippen molar-refractivity contribution in [3.05, 3.63) is 36.4 Å². The van der Waals surface area contributed by atoms with Crippen molar-refractivity contribution in [2.24, 2.45) is 5.92 Å². The number of nitrogens with one attached hydrogen (secondary N) is 1. The van der Waals surface area contributed by atoms with Crippen molar-refractivity contribution in [3.8, 4) is 17.1 Å². The van der Waals surface area contributed by atoms with Crippen LogP contribution in [0, 0.1) is 5.92 Å². The standard InChI is InChI=1S/C27H37N7O2/c1-32(22-6-4-3-5-7-22)19-16-28-27(35)21-14-17-33(18-15-21)25-13-12-24-29-30-26(34(24)31-25)20-8-10-23(36-2)11-9-20/h8-13,21-22H,3-7,14-19H2,1-2H3,(H,28,35). The Morgan fingerprint density at radius 3 is 2.50 bits per heavy atom. The first kappa shape index (κ1) is 24.5. The van der Waals surface area contributed by atoms with Gasteiger partial charge >= 0.3 is 0 Å². The number of piperidine rings is 1. The molecule has 192 valence electrons. The number of carbonyl (C=O) groups is 1. The summed E-state index contributed by atoms with van der Waals surface area (Å²) in [4.78, 5) is 17.5. The number of amides is 1. The summed E-state index contributed by atoms with van der Waals surface area (Å²) in [7, 11) is 3.85. The molecular weight excluding hydrogens is 454 g/mol. The third kappa shape index (κ3) is 5.46. The van der Waals surface area contributed by atoms with E-state index in [4.69, 9.17) is 9.84 Å². The van der Waals surface area contributed by atoms with Crippen molar-refractivity contribution in [2.45, 2.75) is 51.0 Å². The van der Waals surface area contributed by atoms with Crippen LogP contribution in [0.15, 0.2) is 36.4 Å². The highest BCUT2D eigenvalue weighted by molar-refractivity contribution is 5.79. The van der Waals surface area contributed by atoms with Crippen molar-refractivity contribution in [1.82, 2.24) is 30.0 Å². The van der Waals surface area contributed by atoms with Crippen LogP contribution in [0.5, 0.6) is 5.75 Å². The lowest BCUT2D eigenvalue weighted by molar-refractivity contribution is -0.125. The van der Waals surface area contributed by atoms with E-state index in [-0.39, 0.29) is 11.8 Å². The average molecular weight is 492 g/mol. The van der Waals surface area contributed by atoms with Gasteiger partial charge in [0, 0.05) is 43.7 Å². The van der Waals surface area contributed by atoms with E-state index in [0.29, 0.717) is 17.5 Å². The number of hydrogen-bond donors (Lipinski definition) is 1. The first-order valence-corrected chi connectivity index (χ1v) is 13.2. The Morgan fingerprint density at radius 2 is 1.78 bits per heavy atom. The molecule has 9 nitrogen and oxygen atoms in total. The first-order valence-electron chi connectivity index (χ1n) is 13.2. The van der Waals surface area contributed by atoms with Gasteiger partial charge in [-0.3, -0.25) is 4.79 Å². The third-order valence-electron chi connectivity index (χ3n) is 7.75. The fourth-order valence-electron chi connectivity index (χ4n) is 5.44. The van der Waals surface area contributed by atoms with E-state index in [2.05, 4.69) is 32.4 Å². The Hall–Kier alpha value is -3.20. The van der Waals surface area contributed by atoms with Crippen LogP contribution in [0.2, 0.25) is 0 Å². The topological polar surface area (TPSA) is 87.9 Å². The summed E-state index contributed by atoms with van der Waals surface area (Å²) in [5, 5.41) is 16.7. The van der Waals surface area contributed by atoms with Gasteiger partial charge in [-0.25, -0.2) is 0 Å². The lowest BCUT2D eigenvalue weighted by Gasteiger charge is -2.33. The van der Waals surface area contributed by atoms with E-state index in [0.717, 1.165) is 56.2 Å². The molecule has 1 amide bonds. The van der Waals surface area contributed by atoms with Crippen LogP contribution in [0.25, 0.3) is 17.0 Å². The molecule has 2 aromatic heterocycles. The molecule has 3 heterocycles. The van der Waals surface area contributed by atoms with Crippen molar-refractivity contribution >= 4 is 17.4 Å².